The van der Waals surface area contributed by atoms with Gasteiger partial charge < -0.3 is 10.4 Å². The van der Waals surface area contributed by atoms with Crippen molar-refractivity contribution in [1.82, 2.24) is 0 Å². The summed E-state index contributed by atoms with van der Waals surface area (Å²) in [6.07, 6.45) is 0. The van der Waals surface area contributed by atoms with Crippen LogP contribution >= 0.6 is 0 Å². The summed E-state index contributed by atoms with van der Waals surface area (Å²) in [6.45, 7) is 5.07. The maximum absolute atomic E-state index is 9.27. The number of hydrogen-bond donors (Lipinski definition) is 2. The predicted molar refractivity (Wildman–Crippen MR) is 75.6 cm³/mol. The summed E-state index contributed by atoms with van der Waals surface area (Å²) in [5, 5.41) is 12.7. The molecule has 0 bridgehead atoms. The first-order chi connectivity index (χ1) is 8.70. The Morgan fingerprint density at radius 3 is 2.56 bits per heavy atom. The van der Waals surface area contributed by atoms with Crippen LogP contribution in [0, 0.1) is 13.8 Å². The maximum atomic E-state index is 9.27. The third kappa shape index (κ3) is 2.90. The highest BCUT2D eigenvalue weighted by Crippen LogP contribution is 2.17. The SMILES string of the molecule is Cc1ccc(C)c(CNc2ccccc2CO)c1. The number of aliphatic hydroxyl groups is 1. The normalized spacial score (nSPS) is 10.4. The molecule has 0 atom stereocenters. The van der Waals surface area contributed by atoms with Crippen molar-refractivity contribution in [2.45, 2.75) is 27.0 Å². The fraction of sp³-hybridized carbons (Fsp3) is 0.250. The fourth-order valence-electron chi connectivity index (χ4n) is 2.01. The lowest BCUT2D eigenvalue weighted by molar-refractivity contribution is 0.282. The van der Waals surface area contributed by atoms with E-state index in [1.807, 2.05) is 24.3 Å². The van der Waals surface area contributed by atoms with E-state index in [1.54, 1.807) is 0 Å². The molecule has 2 heteroatoms. The molecule has 0 aliphatic carbocycles. The second kappa shape index (κ2) is 5.69. The quantitative estimate of drug-likeness (QED) is 0.859. The molecule has 0 amide bonds. The van der Waals surface area contributed by atoms with Crippen LogP contribution in [0.3, 0.4) is 0 Å². The summed E-state index contributed by atoms with van der Waals surface area (Å²) in [5.74, 6) is 0. The number of anilines is 1. The zero-order valence-corrected chi connectivity index (χ0v) is 10.9. The Hall–Kier alpha value is -1.80. The van der Waals surface area contributed by atoms with Gasteiger partial charge in [-0.15, -0.1) is 0 Å². The molecule has 2 N–H and O–H groups in total. The zero-order valence-electron chi connectivity index (χ0n) is 10.9. The van der Waals surface area contributed by atoms with Gasteiger partial charge in [-0.25, -0.2) is 0 Å². The van der Waals surface area contributed by atoms with Crippen LogP contribution in [0.4, 0.5) is 5.69 Å². The van der Waals surface area contributed by atoms with Gasteiger partial charge in [0.15, 0.2) is 0 Å². The molecule has 0 radical (unpaired) electrons. The minimum absolute atomic E-state index is 0.0654. The highest BCUT2D eigenvalue weighted by Gasteiger charge is 2.02. The summed E-state index contributed by atoms with van der Waals surface area (Å²) in [7, 11) is 0. The smallest absolute Gasteiger partial charge is 0.0701 e. The molecular formula is C16H19NO. The lowest BCUT2D eigenvalue weighted by atomic mass is 10.1. The highest BCUT2D eigenvalue weighted by molar-refractivity contribution is 5.51. The average Bonchev–Trinajstić information content (AvgIpc) is 2.40. The summed E-state index contributed by atoms with van der Waals surface area (Å²) in [6, 6.07) is 14.3. The van der Waals surface area contributed by atoms with E-state index in [4.69, 9.17) is 0 Å². The molecule has 0 unspecified atom stereocenters. The van der Waals surface area contributed by atoms with E-state index >= 15 is 0 Å². The minimum atomic E-state index is 0.0654. The Kier molecular flexibility index (Phi) is 4.00. The third-order valence-electron chi connectivity index (χ3n) is 3.16. The lowest BCUT2D eigenvalue weighted by Crippen LogP contribution is -2.04. The van der Waals surface area contributed by atoms with Gasteiger partial charge in [0.25, 0.3) is 0 Å². The minimum Gasteiger partial charge on any atom is -0.392 e. The summed E-state index contributed by atoms with van der Waals surface area (Å²) in [4.78, 5) is 0. The van der Waals surface area contributed by atoms with Crippen LogP contribution in [0.5, 0.6) is 0 Å². The van der Waals surface area contributed by atoms with Gasteiger partial charge in [-0.1, -0.05) is 42.0 Å². The van der Waals surface area contributed by atoms with Crippen molar-refractivity contribution < 1.29 is 5.11 Å². The first kappa shape index (κ1) is 12.7. The first-order valence-electron chi connectivity index (χ1n) is 6.19. The van der Waals surface area contributed by atoms with Crippen molar-refractivity contribution in [2.24, 2.45) is 0 Å². The van der Waals surface area contributed by atoms with E-state index < -0.39 is 0 Å². The van der Waals surface area contributed by atoms with Crippen LogP contribution in [0.25, 0.3) is 0 Å². The molecule has 0 aliphatic rings. The number of aliphatic hydroxyl groups excluding tert-OH is 1. The van der Waals surface area contributed by atoms with Crippen molar-refractivity contribution in [2.75, 3.05) is 5.32 Å². The third-order valence-corrected chi connectivity index (χ3v) is 3.16. The van der Waals surface area contributed by atoms with E-state index in [0.29, 0.717) is 0 Å². The van der Waals surface area contributed by atoms with Crippen molar-refractivity contribution in [3.05, 3.63) is 64.7 Å². The maximum Gasteiger partial charge on any atom is 0.0701 e. The zero-order chi connectivity index (χ0) is 13.0. The second-order valence-corrected chi connectivity index (χ2v) is 4.60. The number of aryl methyl sites for hydroxylation is 2. The van der Waals surface area contributed by atoms with Crippen LogP contribution < -0.4 is 5.32 Å². The lowest BCUT2D eigenvalue weighted by Gasteiger charge is -2.12. The number of hydrogen-bond acceptors (Lipinski definition) is 2. The molecule has 2 aromatic carbocycles. The molecule has 0 heterocycles. The van der Waals surface area contributed by atoms with Crippen LogP contribution in [0.15, 0.2) is 42.5 Å². The largest absolute Gasteiger partial charge is 0.392 e. The molecule has 0 saturated carbocycles. The van der Waals surface area contributed by atoms with Gasteiger partial charge in [-0.05, 0) is 31.0 Å². The molecule has 18 heavy (non-hydrogen) atoms. The van der Waals surface area contributed by atoms with Gasteiger partial charge in [0, 0.05) is 17.8 Å². The molecule has 0 saturated heterocycles. The summed E-state index contributed by atoms with van der Waals surface area (Å²) < 4.78 is 0. The molecule has 2 aromatic rings. The molecule has 0 fully saturated rings. The first-order valence-corrected chi connectivity index (χ1v) is 6.19. The van der Waals surface area contributed by atoms with Crippen molar-refractivity contribution in [3.8, 4) is 0 Å². The molecule has 0 aromatic heterocycles. The van der Waals surface area contributed by atoms with Crippen LogP contribution in [-0.2, 0) is 13.2 Å². The molecule has 2 rings (SSSR count). The standard InChI is InChI=1S/C16H19NO/c1-12-7-8-13(2)15(9-12)10-17-16-6-4-3-5-14(16)11-18/h3-9,17-18H,10-11H2,1-2H3. The van der Waals surface area contributed by atoms with E-state index in [2.05, 4.69) is 37.4 Å². The molecule has 2 nitrogen and oxygen atoms in total. The van der Waals surface area contributed by atoms with Crippen molar-refractivity contribution >= 4 is 5.69 Å². The van der Waals surface area contributed by atoms with Gasteiger partial charge in [0.1, 0.15) is 0 Å². The topological polar surface area (TPSA) is 32.3 Å². The van der Waals surface area contributed by atoms with Crippen LogP contribution in [0.2, 0.25) is 0 Å². The van der Waals surface area contributed by atoms with E-state index in [9.17, 15) is 5.11 Å². The Morgan fingerprint density at radius 2 is 1.78 bits per heavy atom. The van der Waals surface area contributed by atoms with Crippen LogP contribution in [-0.4, -0.2) is 5.11 Å². The molecular weight excluding hydrogens is 222 g/mol. The van der Waals surface area contributed by atoms with Gasteiger partial charge in [0.05, 0.1) is 6.61 Å². The van der Waals surface area contributed by atoms with E-state index in [1.165, 1.54) is 16.7 Å². The predicted octanol–water partition coefficient (Wildman–Crippen LogP) is 3.41. The molecule has 94 valence electrons. The van der Waals surface area contributed by atoms with Gasteiger partial charge in [-0.3, -0.25) is 0 Å². The Labute approximate surface area is 108 Å². The number of benzene rings is 2. The van der Waals surface area contributed by atoms with Crippen molar-refractivity contribution in [3.63, 3.8) is 0 Å². The van der Waals surface area contributed by atoms with Gasteiger partial charge in [-0.2, -0.15) is 0 Å². The number of nitrogens with one attached hydrogen (secondary N) is 1. The Bertz CT molecular complexity index is 534. The highest BCUT2D eigenvalue weighted by atomic mass is 16.3. The number of rotatable bonds is 4. The molecule has 0 spiro atoms. The average molecular weight is 241 g/mol. The van der Waals surface area contributed by atoms with Crippen molar-refractivity contribution in [1.29, 1.82) is 0 Å². The Morgan fingerprint density at radius 1 is 1.00 bits per heavy atom. The van der Waals surface area contributed by atoms with E-state index in [-0.39, 0.29) is 6.61 Å². The fourth-order valence-corrected chi connectivity index (χ4v) is 2.01. The number of para-hydroxylation sites is 1. The monoisotopic (exact) mass is 241 g/mol. The molecule has 0 aliphatic heterocycles. The second-order valence-electron chi connectivity index (χ2n) is 4.60. The van der Waals surface area contributed by atoms with Gasteiger partial charge >= 0.3 is 0 Å². The Balaban J connectivity index is 2.14. The van der Waals surface area contributed by atoms with Gasteiger partial charge in [0.2, 0.25) is 0 Å². The van der Waals surface area contributed by atoms with E-state index in [0.717, 1.165) is 17.8 Å². The summed E-state index contributed by atoms with van der Waals surface area (Å²) >= 11 is 0. The van der Waals surface area contributed by atoms with Crippen LogP contribution in [0.1, 0.15) is 22.3 Å². The summed E-state index contributed by atoms with van der Waals surface area (Å²) in [5.41, 5.74) is 5.79.